The number of sulfonamides is 1. The van der Waals surface area contributed by atoms with Crippen LogP contribution in [0.15, 0.2) is 27.8 Å². The molecule has 0 radical (unpaired) electrons. The Morgan fingerprint density at radius 3 is 2.38 bits per heavy atom. The molecule has 114 valence electrons. The zero-order chi connectivity index (χ0) is 16.0. The van der Waals surface area contributed by atoms with E-state index in [-0.39, 0.29) is 5.16 Å². The van der Waals surface area contributed by atoms with Crippen LogP contribution in [0.25, 0.3) is 11.4 Å². The van der Waals surface area contributed by atoms with E-state index >= 15 is 0 Å². The summed E-state index contributed by atoms with van der Waals surface area (Å²) >= 11 is 3.24. The molecule has 21 heavy (non-hydrogen) atoms. The predicted molar refractivity (Wildman–Crippen MR) is 79.5 cm³/mol. The van der Waals surface area contributed by atoms with Crippen LogP contribution in [0.3, 0.4) is 0 Å². The van der Waals surface area contributed by atoms with Gasteiger partial charge in [0.2, 0.25) is 0 Å². The number of aromatic nitrogens is 3. The van der Waals surface area contributed by atoms with E-state index in [9.17, 15) is 12.8 Å². The fourth-order valence-electron chi connectivity index (χ4n) is 1.90. The topological polar surface area (TPSA) is 90.9 Å². The van der Waals surface area contributed by atoms with Crippen molar-refractivity contribution < 1.29 is 12.8 Å². The predicted octanol–water partition coefficient (Wildman–Crippen LogP) is 2.25. The van der Waals surface area contributed by atoms with E-state index < -0.39 is 21.4 Å². The molecular formula is C12H14BrFN4O2S. The van der Waals surface area contributed by atoms with Crippen LogP contribution in [0.5, 0.6) is 0 Å². The molecule has 0 aliphatic heterocycles. The molecule has 1 aromatic heterocycles. The lowest BCUT2D eigenvalue weighted by atomic mass is 10.1. The van der Waals surface area contributed by atoms with Gasteiger partial charge in [-0.25, -0.2) is 17.9 Å². The van der Waals surface area contributed by atoms with E-state index in [1.807, 2.05) is 0 Å². The zero-order valence-corrected chi connectivity index (χ0v) is 14.0. The van der Waals surface area contributed by atoms with Crippen LogP contribution in [0.4, 0.5) is 4.39 Å². The first-order valence-corrected chi connectivity index (χ1v) is 8.30. The van der Waals surface area contributed by atoms with Gasteiger partial charge in [0.25, 0.3) is 15.2 Å². The molecule has 1 heterocycles. The minimum absolute atomic E-state index is 0.290. The van der Waals surface area contributed by atoms with E-state index in [1.165, 1.54) is 22.8 Å². The van der Waals surface area contributed by atoms with Gasteiger partial charge in [-0.1, -0.05) is 0 Å². The van der Waals surface area contributed by atoms with Gasteiger partial charge < -0.3 is 0 Å². The molecule has 0 unspecified atom stereocenters. The van der Waals surface area contributed by atoms with Gasteiger partial charge in [0.15, 0.2) is 5.82 Å². The molecule has 0 saturated carbocycles. The van der Waals surface area contributed by atoms with Crippen LogP contribution in [-0.4, -0.2) is 23.2 Å². The number of rotatable bonds is 2. The Labute approximate surface area is 130 Å². The second kappa shape index (κ2) is 5.15. The average Bonchev–Trinajstić information content (AvgIpc) is 2.72. The van der Waals surface area contributed by atoms with E-state index in [0.717, 1.165) is 0 Å². The lowest BCUT2D eigenvalue weighted by Gasteiger charge is -2.24. The van der Waals surface area contributed by atoms with Crippen LogP contribution in [0.2, 0.25) is 0 Å². The van der Waals surface area contributed by atoms with Gasteiger partial charge >= 0.3 is 0 Å². The van der Waals surface area contributed by atoms with Crippen LogP contribution in [0.1, 0.15) is 20.8 Å². The Morgan fingerprint density at radius 2 is 1.90 bits per heavy atom. The molecule has 2 aromatic rings. The maximum atomic E-state index is 13.2. The van der Waals surface area contributed by atoms with Gasteiger partial charge in [-0.3, -0.25) is 4.57 Å². The van der Waals surface area contributed by atoms with Crippen LogP contribution >= 0.6 is 15.9 Å². The van der Waals surface area contributed by atoms with Gasteiger partial charge in [0, 0.05) is 15.6 Å². The Hall–Kier alpha value is -1.32. The minimum atomic E-state index is -4.02. The largest absolute Gasteiger partial charge is 0.291 e. The number of nitrogens with two attached hydrogens (primary N) is 1. The van der Waals surface area contributed by atoms with Crippen molar-refractivity contribution in [2.45, 2.75) is 31.5 Å². The van der Waals surface area contributed by atoms with Crippen molar-refractivity contribution in [3.8, 4) is 11.4 Å². The summed E-state index contributed by atoms with van der Waals surface area (Å²) in [5, 5.41) is 12.4. The lowest BCUT2D eigenvalue weighted by molar-refractivity contribution is 0.366. The van der Waals surface area contributed by atoms with Gasteiger partial charge in [0.05, 0.1) is 0 Å². The third-order valence-electron chi connectivity index (χ3n) is 2.73. The summed E-state index contributed by atoms with van der Waals surface area (Å²) in [7, 11) is -4.02. The number of nitrogens with zero attached hydrogens (tertiary/aromatic N) is 3. The second-order valence-electron chi connectivity index (χ2n) is 5.48. The fourth-order valence-corrected chi connectivity index (χ4v) is 3.20. The number of primary sulfonamides is 1. The Balaban J connectivity index is 2.80. The smallest absolute Gasteiger partial charge is 0.273 e. The molecule has 0 fully saturated rings. The standard InChI is InChI=1S/C12H14BrFN4O2S/c1-12(2,3)18-10(16-17-11(18)21(15,19)20)8-5-4-7(14)6-9(8)13/h4-6H,1-3H3,(H2,15,19,20). The number of hydrogen-bond donors (Lipinski definition) is 1. The monoisotopic (exact) mass is 376 g/mol. The van der Waals surface area contributed by atoms with Gasteiger partial charge in [-0.05, 0) is 54.9 Å². The summed E-state index contributed by atoms with van der Waals surface area (Å²) in [6, 6.07) is 4.03. The van der Waals surface area contributed by atoms with Crippen molar-refractivity contribution in [3.63, 3.8) is 0 Å². The average molecular weight is 377 g/mol. The Kier molecular flexibility index (Phi) is 3.94. The number of halogens is 2. The molecule has 0 atom stereocenters. The molecule has 6 nitrogen and oxygen atoms in total. The third-order valence-corrected chi connectivity index (χ3v) is 4.16. The SMILES string of the molecule is CC(C)(C)n1c(-c2ccc(F)cc2Br)nnc1S(N)(=O)=O. The first kappa shape index (κ1) is 16.1. The summed E-state index contributed by atoms with van der Waals surface area (Å²) in [6.45, 7) is 5.39. The highest BCUT2D eigenvalue weighted by molar-refractivity contribution is 9.10. The highest BCUT2D eigenvalue weighted by Gasteiger charge is 2.30. The Bertz CT molecular complexity index is 796. The van der Waals surface area contributed by atoms with Crippen LogP contribution in [-0.2, 0) is 15.6 Å². The molecular weight excluding hydrogens is 363 g/mol. The van der Waals surface area contributed by atoms with Gasteiger partial charge in [-0.2, -0.15) is 0 Å². The highest BCUT2D eigenvalue weighted by Crippen LogP contribution is 2.32. The summed E-state index contributed by atoms with van der Waals surface area (Å²) in [5.41, 5.74) is -0.109. The molecule has 0 aliphatic rings. The molecule has 9 heteroatoms. The van der Waals surface area contributed by atoms with Gasteiger partial charge in [0.1, 0.15) is 5.82 Å². The van der Waals surface area contributed by atoms with Crippen molar-refractivity contribution in [1.82, 2.24) is 14.8 Å². The van der Waals surface area contributed by atoms with Gasteiger partial charge in [-0.15, -0.1) is 10.2 Å². The molecule has 0 aliphatic carbocycles. The quantitative estimate of drug-likeness (QED) is 0.869. The molecule has 0 saturated heterocycles. The van der Waals surface area contributed by atoms with E-state index in [1.54, 1.807) is 20.8 Å². The summed E-state index contributed by atoms with van der Waals surface area (Å²) < 4.78 is 38.4. The Morgan fingerprint density at radius 1 is 1.29 bits per heavy atom. The zero-order valence-electron chi connectivity index (χ0n) is 11.6. The maximum absolute atomic E-state index is 13.2. The molecule has 0 amide bonds. The maximum Gasteiger partial charge on any atom is 0.273 e. The minimum Gasteiger partial charge on any atom is -0.291 e. The van der Waals surface area contributed by atoms with Crippen molar-refractivity contribution >= 4 is 26.0 Å². The summed E-state index contributed by atoms with van der Waals surface area (Å²) in [4.78, 5) is 0. The van der Waals surface area contributed by atoms with Crippen molar-refractivity contribution in [2.75, 3.05) is 0 Å². The molecule has 2 rings (SSSR count). The summed E-state index contributed by atoms with van der Waals surface area (Å²) in [5.74, 6) is -0.127. The van der Waals surface area contributed by atoms with E-state index in [4.69, 9.17) is 5.14 Å². The number of benzene rings is 1. The molecule has 0 spiro atoms. The number of hydrogen-bond acceptors (Lipinski definition) is 4. The van der Waals surface area contributed by atoms with Crippen LogP contribution in [0, 0.1) is 5.82 Å². The van der Waals surface area contributed by atoms with Crippen molar-refractivity contribution in [1.29, 1.82) is 0 Å². The normalized spacial score (nSPS) is 12.7. The lowest BCUT2D eigenvalue weighted by Crippen LogP contribution is -2.29. The summed E-state index contributed by atoms with van der Waals surface area (Å²) in [6.07, 6.45) is 0. The van der Waals surface area contributed by atoms with Crippen LogP contribution < -0.4 is 5.14 Å². The first-order valence-electron chi connectivity index (χ1n) is 5.96. The fraction of sp³-hybridized carbons (Fsp3) is 0.333. The van der Waals surface area contributed by atoms with Crippen molar-refractivity contribution in [2.24, 2.45) is 5.14 Å². The second-order valence-corrected chi connectivity index (χ2v) is 7.79. The molecule has 2 N–H and O–H groups in total. The van der Waals surface area contributed by atoms with E-state index in [2.05, 4.69) is 26.1 Å². The third kappa shape index (κ3) is 3.14. The molecule has 0 bridgehead atoms. The first-order chi connectivity index (χ1) is 9.51. The van der Waals surface area contributed by atoms with Crippen molar-refractivity contribution in [3.05, 3.63) is 28.5 Å². The highest BCUT2D eigenvalue weighted by atomic mass is 79.9. The van der Waals surface area contributed by atoms with E-state index in [0.29, 0.717) is 15.9 Å². The molecule has 1 aromatic carbocycles.